The van der Waals surface area contributed by atoms with Crippen LogP contribution in [-0.2, 0) is 13.1 Å². The topological polar surface area (TPSA) is 59.8 Å². The molecular weight excluding hydrogens is 408 g/mol. The molecule has 4 N–H and O–H groups in total. The third-order valence-electron chi connectivity index (χ3n) is 2.73. The summed E-state index contributed by atoms with van der Waals surface area (Å²) in [7, 11) is 0. The summed E-state index contributed by atoms with van der Waals surface area (Å²) in [5.74, 6) is 0. The Labute approximate surface area is 154 Å². The van der Waals surface area contributed by atoms with Crippen molar-refractivity contribution in [2.75, 3.05) is 11.5 Å². The van der Waals surface area contributed by atoms with Crippen LogP contribution in [0.25, 0.3) is 0 Å². The zero-order valence-corrected chi connectivity index (χ0v) is 16.4. The molecule has 0 saturated heterocycles. The summed E-state index contributed by atoms with van der Waals surface area (Å²) in [5.41, 5.74) is 12.8. The average molecular weight is 434 g/mol. The van der Waals surface area contributed by atoms with Gasteiger partial charge in [-0.25, -0.2) is 9.13 Å². The summed E-state index contributed by atoms with van der Waals surface area (Å²) in [4.78, 5) is 0. The molecule has 4 nitrogen and oxygen atoms in total. The predicted molar refractivity (Wildman–Crippen MR) is 82.7 cm³/mol. The minimum absolute atomic E-state index is 0. The van der Waals surface area contributed by atoms with E-state index in [-0.39, 0.29) is 34.0 Å². The lowest BCUT2D eigenvalue weighted by molar-refractivity contribution is -0.696. The smallest absolute Gasteiger partial charge is 0.191 e. The van der Waals surface area contributed by atoms with Crippen molar-refractivity contribution in [3.8, 4) is 0 Å². The Morgan fingerprint density at radius 3 is 1.41 bits per heavy atom. The lowest BCUT2D eigenvalue weighted by Crippen LogP contribution is -3.00. The highest BCUT2D eigenvalue weighted by Gasteiger charge is 1.96. The molecule has 0 atom stereocenters. The minimum Gasteiger partial charge on any atom is -1.00 e. The molecule has 0 aliphatic rings. The summed E-state index contributed by atoms with van der Waals surface area (Å²) in [6.45, 7) is 6.39. The minimum atomic E-state index is 0. The number of nitrogens with two attached hydrogens (primary N) is 2. The fraction of sp³-hybridized carbons (Fsp3) is 0.375. The number of hydrogen-bond donors (Lipinski definition) is 2. The molecule has 6 heteroatoms. The zero-order valence-electron chi connectivity index (χ0n) is 13.3. The van der Waals surface area contributed by atoms with Gasteiger partial charge in [-0.15, -0.1) is 0 Å². The Morgan fingerprint density at radius 2 is 1.14 bits per heavy atom. The van der Waals surface area contributed by atoms with Crippen molar-refractivity contribution in [2.45, 2.75) is 39.8 Å². The van der Waals surface area contributed by atoms with Crippen LogP contribution in [0.2, 0.25) is 0 Å². The van der Waals surface area contributed by atoms with Crippen molar-refractivity contribution in [1.82, 2.24) is 0 Å². The first-order chi connectivity index (χ1) is 9.65. The van der Waals surface area contributed by atoms with Gasteiger partial charge >= 0.3 is 0 Å². The third-order valence-corrected chi connectivity index (χ3v) is 2.73. The Morgan fingerprint density at radius 1 is 0.773 bits per heavy atom. The number of anilines is 2. The number of aromatic nitrogens is 2. The van der Waals surface area contributed by atoms with Gasteiger partial charge in [-0.1, -0.05) is 13.8 Å². The number of pyridine rings is 2. The lowest BCUT2D eigenvalue weighted by atomic mass is 10.4. The highest BCUT2D eigenvalue weighted by atomic mass is 79.9. The van der Waals surface area contributed by atoms with E-state index >= 15 is 0 Å². The van der Waals surface area contributed by atoms with Crippen molar-refractivity contribution in [3.63, 3.8) is 0 Å². The van der Waals surface area contributed by atoms with Gasteiger partial charge in [0.05, 0.1) is 11.4 Å². The van der Waals surface area contributed by atoms with Crippen LogP contribution in [-0.4, -0.2) is 0 Å². The van der Waals surface area contributed by atoms with E-state index in [9.17, 15) is 0 Å². The Balaban J connectivity index is 0. The van der Waals surface area contributed by atoms with Gasteiger partial charge in [0.2, 0.25) is 0 Å². The molecule has 0 aliphatic heterocycles. The van der Waals surface area contributed by atoms with E-state index in [0.29, 0.717) is 0 Å². The third kappa shape index (κ3) is 9.73. The number of nitrogens with zero attached hydrogens (tertiary/aromatic N) is 2. The molecule has 0 amide bonds. The maximum Gasteiger partial charge on any atom is 0.191 e. The van der Waals surface area contributed by atoms with Crippen molar-refractivity contribution in [2.24, 2.45) is 0 Å². The van der Waals surface area contributed by atoms with Gasteiger partial charge in [-0.2, -0.15) is 0 Å². The Hall–Kier alpha value is -1.14. The fourth-order valence-electron chi connectivity index (χ4n) is 1.88. The van der Waals surface area contributed by atoms with E-state index < -0.39 is 0 Å². The summed E-state index contributed by atoms with van der Waals surface area (Å²) < 4.78 is 4.19. The molecule has 2 aromatic heterocycles. The number of halogens is 2. The highest BCUT2D eigenvalue weighted by Crippen LogP contribution is 1.93. The summed E-state index contributed by atoms with van der Waals surface area (Å²) in [6, 6.07) is 7.72. The molecule has 0 aromatic carbocycles. The molecule has 0 saturated carbocycles. The fourth-order valence-corrected chi connectivity index (χ4v) is 1.88. The van der Waals surface area contributed by atoms with Crippen LogP contribution in [0.4, 0.5) is 11.4 Å². The molecule has 0 aliphatic carbocycles. The van der Waals surface area contributed by atoms with E-state index in [1.54, 1.807) is 0 Å². The maximum absolute atomic E-state index is 5.57. The molecule has 0 radical (unpaired) electrons. The lowest BCUT2D eigenvalue weighted by Gasteiger charge is -1.92. The van der Waals surface area contributed by atoms with E-state index in [2.05, 4.69) is 23.0 Å². The Kier molecular flexibility index (Phi) is 14.2. The first kappa shape index (κ1) is 23.1. The molecule has 0 unspecified atom stereocenters. The number of hydrogen-bond acceptors (Lipinski definition) is 2. The van der Waals surface area contributed by atoms with E-state index in [1.807, 2.05) is 49.1 Å². The van der Waals surface area contributed by atoms with Crippen LogP contribution in [0.3, 0.4) is 0 Å². The van der Waals surface area contributed by atoms with Crippen LogP contribution in [0.5, 0.6) is 0 Å². The highest BCUT2D eigenvalue weighted by molar-refractivity contribution is 5.30. The van der Waals surface area contributed by atoms with Gasteiger partial charge in [0.25, 0.3) is 0 Å². The first-order valence-electron chi connectivity index (χ1n) is 7.14. The standard InChI is InChI=1S/2C8H13N2.2BrH/c2*1-2-5-10-6-3-4-8(9)7-10;;/h2*3-4,6-7H,2,5,9H2,1H3;2*1H/q2*+1;;/p-2. The molecule has 0 spiro atoms. The van der Waals surface area contributed by atoms with E-state index in [4.69, 9.17) is 11.5 Å². The van der Waals surface area contributed by atoms with Gasteiger partial charge in [0.1, 0.15) is 13.1 Å². The number of nitrogen functional groups attached to an aromatic ring is 2. The van der Waals surface area contributed by atoms with Crippen LogP contribution in [0.15, 0.2) is 49.1 Å². The molecule has 2 heterocycles. The summed E-state index contributed by atoms with van der Waals surface area (Å²) >= 11 is 0. The second kappa shape index (κ2) is 13.5. The van der Waals surface area contributed by atoms with Gasteiger partial charge in [-0.3, -0.25) is 0 Å². The van der Waals surface area contributed by atoms with Crippen molar-refractivity contribution in [3.05, 3.63) is 49.1 Å². The van der Waals surface area contributed by atoms with Crippen molar-refractivity contribution >= 4 is 11.4 Å². The molecular formula is C16H26Br2N4. The van der Waals surface area contributed by atoms with Gasteiger partial charge < -0.3 is 45.4 Å². The SMILES string of the molecule is CCC[n+]1cccc(N)c1.CCC[n+]1cccc(N)c1.[Br-].[Br-]. The molecule has 2 aromatic rings. The monoisotopic (exact) mass is 432 g/mol. The quantitative estimate of drug-likeness (QED) is 0.482. The van der Waals surface area contributed by atoms with E-state index in [1.165, 1.54) is 0 Å². The van der Waals surface area contributed by atoms with Crippen LogP contribution >= 0.6 is 0 Å². The summed E-state index contributed by atoms with van der Waals surface area (Å²) in [5, 5.41) is 0. The van der Waals surface area contributed by atoms with Gasteiger partial charge in [-0.05, 0) is 12.1 Å². The normalized spacial score (nSPS) is 8.82. The largest absolute Gasteiger partial charge is 1.00 e. The molecule has 0 fully saturated rings. The molecule has 0 bridgehead atoms. The van der Waals surface area contributed by atoms with E-state index in [0.717, 1.165) is 37.3 Å². The van der Waals surface area contributed by atoms with Gasteiger partial charge in [0.15, 0.2) is 24.8 Å². The van der Waals surface area contributed by atoms with Crippen LogP contribution in [0.1, 0.15) is 26.7 Å². The molecule has 124 valence electrons. The van der Waals surface area contributed by atoms with Gasteiger partial charge in [0, 0.05) is 25.0 Å². The number of aryl methyl sites for hydroxylation is 2. The van der Waals surface area contributed by atoms with Crippen LogP contribution < -0.4 is 54.6 Å². The summed E-state index contributed by atoms with van der Waals surface area (Å²) in [6.07, 6.45) is 10.2. The molecule has 2 rings (SSSR count). The average Bonchev–Trinajstić information content (AvgIpc) is 2.40. The second-order valence-corrected chi connectivity index (χ2v) is 4.75. The first-order valence-corrected chi connectivity index (χ1v) is 7.14. The predicted octanol–water partition coefficient (Wildman–Crippen LogP) is -4.06. The second-order valence-electron chi connectivity index (χ2n) is 4.75. The number of rotatable bonds is 4. The van der Waals surface area contributed by atoms with Crippen molar-refractivity contribution < 1.29 is 43.1 Å². The maximum atomic E-state index is 5.57. The zero-order chi connectivity index (χ0) is 14.8. The molecule has 22 heavy (non-hydrogen) atoms. The van der Waals surface area contributed by atoms with Crippen LogP contribution in [0, 0.1) is 0 Å². The Bertz CT molecular complexity index is 474. The van der Waals surface area contributed by atoms with Crippen molar-refractivity contribution in [1.29, 1.82) is 0 Å².